The number of aliphatic carboxylic acids is 1. The van der Waals surface area contributed by atoms with Crippen LogP contribution in [0.3, 0.4) is 0 Å². The molecule has 23 heavy (non-hydrogen) atoms. The SMILES string of the molecule is CC(C)N1C(c2ccccc2)C(=O)c2ccccc2C1C(=O)O. The minimum Gasteiger partial charge on any atom is -0.480 e. The van der Waals surface area contributed by atoms with Gasteiger partial charge in [0.05, 0.1) is 0 Å². The Morgan fingerprint density at radius 1 is 1.04 bits per heavy atom. The topological polar surface area (TPSA) is 57.6 Å². The van der Waals surface area contributed by atoms with Crippen molar-refractivity contribution in [3.05, 3.63) is 71.3 Å². The summed E-state index contributed by atoms with van der Waals surface area (Å²) in [4.78, 5) is 26.8. The standard InChI is InChI=1S/C19H19NO3/c1-12(2)20-16(13-8-4-3-5-9-13)18(21)15-11-7-6-10-14(15)17(20)19(22)23/h3-12,16-17H,1-2H3,(H,22,23). The van der Waals surface area contributed by atoms with Gasteiger partial charge in [0.1, 0.15) is 12.1 Å². The zero-order valence-corrected chi connectivity index (χ0v) is 13.1. The van der Waals surface area contributed by atoms with Gasteiger partial charge in [-0.15, -0.1) is 0 Å². The number of benzene rings is 2. The van der Waals surface area contributed by atoms with E-state index in [0.29, 0.717) is 11.1 Å². The van der Waals surface area contributed by atoms with Gasteiger partial charge in [-0.2, -0.15) is 0 Å². The van der Waals surface area contributed by atoms with E-state index in [9.17, 15) is 14.7 Å². The van der Waals surface area contributed by atoms with Crippen LogP contribution in [-0.2, 0) is 4.79 Å². The number of carbonyl (C=O) groups excluding carboxylic acids is 1. The molecular weight excluding hydrogens is 290 g/mol. The van der Waals surface area contributed by atoms with Crippen LogP contribution in [0.2, 0.25) is 0 Å². The number of ketones is 1. The molecule has 0 amide bonds. The first kappa shape index (κ1) is 15.4. The molecule has 1 aliphatic rings. The van der Waals surface area contributed by atoms with Crippen molar-refractivity contribution in [3.63, 3.8) is 0 Å². The van der Waals surface area contributed by atoms with Gasteiger partial charge in [-0.1, -0.05) is 54.6 Å². The zero-order chi connectivity index (χ0) is 16.6. The van der Waals surface area contributed by atoms with E-state index in [4.69, 9.17) is 0 Å². The number of Topliss-reactive ketones (excluding diaryl/α,β-unsaturated/α-hetero) is 1. The van der Waals surface area contributed by atoms with Crippen LogP contribution >= 0.6 is 0 Å². The molecule has 1 N–H and O–H groups in total. The highest BCUT2D eigenvalue weighted by molar-refractivity contribution is 6.04. The molecule has 0 saturated heterocycles. The average Bonchev–Trinajstić information content (AvgIpc) is 2.55. The summed E-state index contributed by atoms with van der Waals surface area (Å²) in [5.74, 6) is -0.974. The second-order valence-corrected chi connectivity index (χ2v) is 6.05. The molecule has 2 aromatic carbocycles. The quantitative estimate of drug-likeness (QED) is 0.943. The van der Waals surface area contributed by atoms with Crippen molar-refractivity contribution < 1.29 is 14.7 Å². The minimum atomic E-state index is -0.931. The lowest BCUT2D eigenvalue weighted by atomic mass is 9.83. The third kappa shape index (κ3) is 2.55. The van der Waals surface area contributed by atoms with E-state index in [-0.39, 0.29) is 11.8 Å². The fourth-order valence-electron chi connectivity index (χ4n) is 3.37. The maximum Gasteiger partial charge on any atom is 0.325 e. The van der Waals surface area contributed by atoms with E-state index in [0.717, 1.165) is 5.56 Å². The van der Waals surface area contributed by atoms with Gasteiger partial charge in [-0.05, 0) is 25.0 Å². The maximum absolute atomic E-state index is 13.1. The third-order valence-corrected chi connectivity index (χ3v) is 4.31. The number of rotatable bonds is 3. The maximum atomic E-state index is 13.1. The van der Waals surface area contributed by atoms with Crippen LogP contribution in [0.25, 0.3) is 0 Å². The van der Waals surface area contributed by atoms with E-state index in [1.165, 1.54) is 0 Å². The van der Waals surface area contributed by atoms with E-state index < -0.39 is 18.1 Å². The highest BCUT2D eigenvalue weighted by atomic mass is 16.4. The van der Waals surface area contributed by atoms with Gasteiger partial charge in [0.2, 0.25) is 0 Å². The Kier molecular flexibility index (Phi) is 4.01. The van der Waals surface area contributed by atoms with Gasteiger partial charge in [0, 0.05) is 11.6 Å². The smallest absolute Gasteiger partial charge is 0.325 e. The van der Waals surface area contributed by atoms with Crippen LogP contribution in [0, 0.1) is 0 Å². The van der Waals surface area contributed by atoms with Gasteiger partial charge in [-0.25, -0.2) is 0 Å². The number of hydrogen-bond donors (Lipinski definition) is 1. The zero-order valence-electron chi connectivity index (χ0n) is 13.1. The molecule has 0 bridgehead atoms. The molecule has 0 spiro atoms. The summed E-state index contributed by atoms with van der Waals surface area (Å²) in [5, 5.41) is 9.80. The molecule has 118 valence electrons. The summed E-state index contributed by atoms with van der Waals surface area (Å²) in [5.41, 5.74) is 1.91. The van der Waals surface area contributed by atoms with Gasteiger partial charge >= 0.3 is 5.97 Å². The number of carboxylic acid groups (broad SMARTS) is 1. The molecule has 2 atom stereocenters. The molecule has 0 aliphatic carbocycles. The predicted molar refractivity (Wildman–Crippen MR) is 87.3 cm³/mol. The Bertz CT molecular complexity index is 739. The van der Waals surface area contributed by atoms with E-state index in [2.05, 4.69) is 0 Å². The lowest BCUT2D eigenvalue weighted by Gasteiger charge is -2.42. The van der Waals surface area contributed by atoms with Crippen molar-refractivity contribution in [1.29, 1.82) is 0 Å². The summed E-state index contributed by atoms with van der Waals surface area (Å²) in [6.07, 6.45) is 0. The van der Waals surface area contributed by atoms with Crippen molar-refractivity contribution in [2.45, 2.75) is 32.0 Å². The Morgan fingerprint density at radius 2 is 1.65 bits per heavy atom. The molecule has 3 rings (SSSR count). The Hall–Kier alpha value is -2.46. The largest absolute Gasteiger partial charge is 0.480 e. The second-order valence-electron chi connectivity index (χ2n) is 6.05. The molecule has 1 aliphatic heterocycles. The molecule has 2 aromatic rings. The van der Waals surface area contributed by atoms with Crippen molar-refractivity contribution in [1.82, 2.24) is 4.90 Å². The summed E-state index contributed by atoms with van der Waals surface area (Å²) in [7, 11) is 0. The van der Waals surface area contributed by atoms with Crippen LogP contribution in [0.4, 0.5) is 0 Å². The van der Waals surface area contributed by atoms with Crippen LogP contribution in [0.5, 0.6) is 0 Å². The molecule has 2 unspecified atom stereocenters. The average molecular weight is 309 g/mol. The van der Waals surface area contributed by atoms with Gasteiger partial charge in [0.25, 0.3) is 0 Å². The molecule has 0 fully saturated rings. The molecule has 4 heteroatoms. The Labute approximate surface area is 135 Å². The number of fused-ring (bicyclic) bond motifs is 1. The molecule has 1 heterocycles. The normalized spacial score (nSPS) is 21.3. The van der Waals surface area contributed by atoms with Crippen molar-refractivity contribution in [3.8, 4) is 0 Å². The van der Waals surface area contributed by atoms with E-state index in [1.54, 1.807) is 29.2 Å². The molecule has 0 radical (unpaired) electrons. The summed E-state index contributed by atoms with van der Waals surface area (Å²) < 4.78 is 0. The monoisotopic (exact) mass is 309 g/mol. The Balaban J connectivity index is 2.23. The lowest BCUT2D eigenvalue weighted by Crippen LogP contribution is -2.48. The van der Waals surface area contributed by atoms with Crippen LogP contribution < -0.4 is 0 Å². The summed E-state index contributed by atoms with van der Waals surface area (Å²) in [6, 6.07) is 14.9. The fraction of sp³-hybridized carbons (Fsp3) is 0.263. The van der Waals surface area contributed by atoms with Crippen molar-refractivity contribution >= 4 is 11.8 Å². The number of nitrogens with zero attached hydrogens (tertiary/aromatic N) is 1. The highest BCUT2D eigenvalue weighted by Crippen LogP contribution is 2.41. The first-order valence-electron chi connectivity index (χ1n) is 7.70. The van der Waals surface area contributed by atoms with E-state index >= 15 is 0 Å². The number of carboxylic acids is 1. The van der Waals surface area contributed by atoms with Gasteiger partial charge < -0.3 is 5.11 Å². The predicted octanol–water partition coefficient (Wildman–Crippen LogP) is 3.46. The van der Waals surface area contributed by atoms with Crippen LogP contribution in [0.1, 0.15) is 47.4 Å². The molecule has 0 saturated carbocycles. The van der Waals surface area contributed by atoms with Crippen LogP contribution in [0.15, 0.2) is 54.6 Å². The molecule has 4 nitrogen and oxygen atoms in total. The first-order valence-corrected chi connectivity index (χ1v) is 7.70. The fourth-order valence-corrected chi connectivity index (χ4v) is 3.37. The van der Waals surface area contributed by atoms with Crippen LogP contribution in [-0.4, -0.2) is 27.8 Å². The van der Waals surface area contributed by atoms with Gasteiger partial charge in [-0.3, -0.25) is 14.5 Å². The third-order valence-electron chi connectivity index (χ3n) is 4.31. The van der Waals surface area contributed by atoms with Crippen molar-refractivity contribution in [2.24, 2.45) is 0 Å². The number of hydrogen-bond acceptors (Lipinski definition) is 3. The summed E-state index contributed by atoms with van der Waals surface area (Å²) >= 11 is 0. The highest BCUT2D eigenvalue weighted by Gasteiger charge is 2.45. The Morgan fingerprint density at radius 3 is 2.26 bits per heavy atom. The lowest BCUT2D eigenvalue weighted by molar-refractivity contribution is -0.145. The first-order chi connectivity index (χ1) is 11.0. The molecule has 0 aromatic heterocycles. The summed E-state index contributed by atoms with van der Waals surface area (Å²) in [6.45, 7) is 3.85. The molecular formula is C19H19NO3. The van der Waals surface area contributed by atoms with Crippen molar-refractivity contribution in [2.75, 3.05) is 0 Å². The number of carbonyl (C=O) groups is 2. The minimum absolute atomic E-state index is 0.0435. The second kappa shape index (κ2) is 5.97. The van der Waals surface area contributed by atoms with Gasteiger partial charge in [0.15, 0.2) is 5.78 Å². The van der Waals surface area contributed by atoms with E-state index in [1.807, 2.05) is 44.2 Å².